The first kappa shape index (κ1) is 17.3. The Balaban J connectivity index is 2.47. The van der Waals surface area contributed by atoms with Crippen LogP contribution in [0, 0.1) is 0 Å². The molecule has 0 aromatic carbocycles. The molecule has 20 heavy (non-hydrogen) atoms. The van der Waals surface area contributed by atoms with E-state index >= 15 is 0 Å². The Morgan fingerprint density at radius 1 is 1.40 bits per heavy atom. The molecule has 1 rings (SSSR count). The SMILES string of the molecule is CN1CCN(C)C(CNS(=O)(=O)N(C)CCC(=O)O)C1. The van der Waals surface area contributed by atoms with Gasteiger partial charge in [-0.2, -0.15) is 12.7 Å². The number of carbonyl (C=O) groups is 1. The molecule has 0 saturated carbocycles. The number of rotatable bonds is 7. The molecule has 8 nitrogen and oxygen atoms in total. The molecule has 1 fully saturated rings. The van der Waals surface area contributed by atoms with Crippen molar-refractivity contribution in [2.75, 3.05) is 53.9 Å². The minimum Gasteiger partial charge on any atom is -0.481 e. The van der Waals surface area contributed by atoms with Crippen LogP contribution in [-0.2, 0) is 15.0 Å². The minimum atomic E-state index is -3.62. The van der Waals surface area contributed by atoms with Crippen molar-refractivity contribution < 1.29 is 18.3 Å². The summed E-state index contributed by atoms with van der Waals surface area (Å²) in [5, 5.41) is 8.57. The maximum absolute atomic E-state index is 12.0. The zero-order valence-corrected chi connectivity index (χ0v) is 13.1. The molecule has 1 aliphatic rings. The predicted octanol–water partition coefficient (Wildman–Crippen LogP) is -1.53. The lowest BCUT2D eigenvalue weighted by molar-refractivity contribution is -0.137. The smallest absolute Gasteiger partial charge is 0.304 e. The molecule has 1 heterocycles. The van der Waals surface area contributed by atoms with Crippen LogP contribution in [0.2, 0.25) is 0 Å². The van der Waals surface area contributed by atoms with Gasteiger partial charge < -0.3 is 10.0 Å². The lowest BCUT2D eigenvalue weighted by atomic mass is 10.2. The van der Waals surface area contributed by atoms with Crippen molar-refractivity contribution in [3.05, 3.63) is 0 Å². The zero-order chi connectivity index (χ0) is 15.3. The van der Waals surface area contributed by atoms with E-state index in [1.165, 1.54) is 7.05 Å². The van der Waals surface area contributed by atoms with Crippen LogP contribution >= 0.6 is 0 Å². The lowest BCUT2D eigenvalue weighted by Gasteiger charge is -2.37. The quantitative estimate of drug-likeness (QED) is 0.593. The molecule has 1 unspecified atom stereocenters. The Morgan fingerprint density at radius 2 is 2.05 bits per heavy atom. The van der Waals surface area contributed by atoms with Gasteiger partial charge in [-0.3, -0.25) is 9.69 Å². The number of carboxylic acids is 1. The number of hydrogen-bond acceptors (Lipinski definition) is 5. The molecule has 1 saturated heterocycles. The van der Waals surface area contributed by atoms with Gasteiger partial charge in [0.25, 0.3) is 10.2 Å². The van der Waals surface area contributed by atoms with E-state index in [0.29, 0.717) is 6.54 Å². The fourth-order valence-corrected chi connectivity index (χ4v) is 2.96. The predicted molar refractivity (Wildman–Crippen MR) is 75.7 cm³/mol. The molecular formula is C11H24N4O4S. The highest BCUT2D eigenvalue weighted by atomic mass is 32.2. The number of nitrogens with one attached hydrogen (secondary N) is 1. The first-order valence-corrected chi connectivity index (χ1v) is 7.98. The standard InChI is InChI=1S/C11H24N4O4S/c1-13-6-7-14(2)10(9-13)8-12-20(18,19)15(3)5-4-11(16)17/h10,12H,4-9H2,1-3H3,(H,16,17). The first-order valence-electron chi connectivity index (χ1n) is 6.54. The van der Waals surface area contributed by atoms with Crippen LogP contribution in [0.5, 0.6) is 0 Å². The van der Waals surface area contributed by atoms with Crippen molar-refractivity contribution in [3.8, 4) is 0 Å². The van der Waals surface area contributed by atoms with E-state index in [9.17, 15) is 13.2 Å². The molecule has 0 bridgehead atoms. The molecule has 2 N–H and O–H groups in total. The van der Waals surface area contributed by atoms with Gasteiger partial charge in [0.2, 0.25) is 0 Å². The number of aliphatic carboxylic acids is 1. The Hall–Kier alpha value is -0.740. The van der Waals surface area contributed by atoms with Crippen molar-refractivity contribution in [2.24, 2.45) is 0 Å². The van der Waals surface area contributed by atoms with E-state index in [1.807, 2.05) is 14.1 Å². The molecule has 1 aliphatic heterocycles. The van der Waals surface area contributed by atoms with Gasteiger partial charge in [-0.1, -0.05) is 0 Å². The van der Waals surface area contributed by atoms with Crippen LogP contribution in [0.15, 0.2) is 0 Å². The summed E-state index contributed by atoms with van der Waals surface area (Å²) in [6.45, 7) is 2.96. The van der Waals surface area contributed by atoms with Gasteiger partial charge in [-0.15, -0.1) is 0 Å². The summed E-state index contributed by atoms with van der Waals surface area (Å²) in [5.41, 5.74) is 0. The average molecular weight is 308 g/mol. The third-order valence-electron chi connectivity index (χ3n) is 3.53. The topological polar surface area (TPSA) is 93.2 Å². The summed E-state index contributed by atoms with van der Waals surface area (Å²) < 4.78 is 27.5. The number of nitrogens with zero attached hydrogens (tertiary/aromatic N) is 3. The third-order valence-corrected chi connectivity index (χ3v) is 5.07. The monoisotopic (exact) mass is 308 g/mol. The van der Waals surface area contributed by atoms with E-state index in [4.69, 9.17) is 5.11 Å². The highest BCUT2D eigenvalue weighted by molar-refractivity contribution is 7.87. The van der Waals surface area contributed by atoms with Crippen LogP contribution in [0.4, 0.5) is 0 Å². The largest absolute Gasteiger partial charge is 0.481 e. The first-order chi connectivity index (χ1) is 9.22. The maximum Gasteiger partial charge on any atom is 0.304 e. The molecule has 1 atom stereocenters. The maximum atomic E-state index is 12.0. The van der Waals surface area contributed by atoms with Crippen LogP contribution in [0.1, 0.15) is 6.42 Å². The summed E-state index contributed by atoms with van der Waals surface area (Å²) in [5.74, 6) is -1.01. The molecule has 9 heteroatoms. The van der Waals surface area contributed by atoms with E-state index in [1.54, 1.807) is 0 Å². The number of piperazine rings is 1. The van der Waals surface area contributed by atoms with E-state index in [-0.39, 0.29) is 19.0 Å². The van der Waals surface area contributed by atoms with Crippen molar-refractivity contribution in [3.63, 3.8) is 0 Å². The van der Waals surface area contributed by atoms with Gasteiger partial charge in [0, 0.05) is 45.8 Å². The van der Waals surface area contributed by atoms with Crippen LogP contribution in [0.3, 0.4) is 0 Å². The third kappa shape index (κ3) is 5.33. The Morgan fingerprint density at radius 3 is 2.65 bits per heavy atom. The van der Waals surface area contributed by atoms with Gasteiger partial charge in [-0.05, 0) is 14.1 Å². The molecular weight excluding hydrogens is 284 g/mol. The van der Waals surface area contributed by atoms with Crippen molar-refractivity contribution in [1.82, 2.24) is 18.8 Å². The second-order valence-electron chi connectivity index (χ2n) is 5.22. The highest BCUT2D eigenvalue weighted by Crippen LogP contribution is 2.06. The van der Waals surface area contributed by atoms with E-state index < -0.39 is 16.2 Å². The fourth-order valence-electron chi connectivity index (χ4n) is 2.01. The van der Waals surface area contributed by atoms with Gasteiger partial charge in [0.05, 0.1) is 6.42 Å². The normalized spacial score (nSPS) is 22.3. The molecule has 0 amide bonds. The Labute approximate surface area is 120 Å². The van der Waals surface area contributed by atoms with Crippen molar-refractivity contribution in [2.45, 2.75) is 12.5 Å². The van der Waals surface area contributed by atoms with Crippen LogP contribution in [-0.4, -0.2) is 93.5 Å². The lowest BCUT2D eigenvalue weighted by Crippen LogP contribution is -2.55. The number of likely N-dealkylation sites (N-methyl/N-ethyl adjacent to an activating group) is 2. The number of hydrogen-bond donors (Lipinski definition) is 2. The van der Waals surface area contributed by atoms with Crippen LogP contribution in [0.25, 0.3) is 0 Å². The molecule has 118 valence electrons. The minimum absolute atomic E-state index is 0.0366. The second-order valence-corrected chi connectivity index (χ2v) is 7.08. The van der Waals surface area contributed by atoms with Gasteiger partial charge >= 0.3 is 5.97 Å². The van der Waals surface area contributed by atoms with Gasteiger partial charge in [0.15, 0.2) is 0 Å². The zero-order valence-electron chi connectivity index (χ0n) is 12.2. The summed E-state index contributed by atoms with van der Waals surface area (Å²) in [6.07, 6.45) is -0.205. The Bertz CT molecular complexity index is 428. The summed E-state index contributed by atoms with van der Waals surface area (Å²) >= 11 is 0. The second kappa shape index (κ2) is 7.32. The summed E-state index contributed by atoms with van der Waals surface area (Å²) in [6, 6.07) is 0.122. The average Bonchev–Trinajstić information content (AvgIpc) is 2.37. The van der Waals surface area contributed by atoms with Crippen molar-refractivity contribution >= 4 is 16.2 Å². The van der Waals surface area contributed by atoms with Gasteiger partial charge in [0.1, 0.15) is 0 Å². The van der Waals surface area contributed by atoms with Gasteiger partial charge in [-0.25, -0.2) is 4.72 Å². The highest BCUT2D eigenvalue weighted by Gasteiger charge is 2.25. The van der Waals surface area contributed by atoms with Crippen molar-refractivity contribution in [1.29, 1.82) is 0 Å². The molecule has 0 spiro atoms. The van der Waals surface area contributed by atoms with E-state index in [2.05, 4.69) is 14.5 Å². The molecule has 0 aliphatic carbocycles. The van der Waals surface area contributed by atoms with E-state index in [0.717, 1.165) is 23.9 Å². The Kier molecular flexibility index (Phi) is 6.34. The molecule has 0 aromatic heterocycles. The molecule has 0 radical (unpaired) electrons. The molecule has 0 aromatic rings. The van der Waals surface area contributed by atoms with Crippen LogP contribution < -0.4 is 4.72 Å². The summed E-state index contributed by atoms with van der Waals surface area (Å²) in [7, 11) is 1.74. The summed E-state index contributed by atoms with van der Waals surface area (Å²) in [4.78, 5) is 14.7. The fraction of sp³-hybridized carbons (Fsp3) is 0.909. The number of carboxylic acid groups (broad SMARTS) is 1.